The van der Waals surface area contributed by atoms with E-state index in [2.05, 4.69) is 55.5 Å². The number of nitrogens with zero attached hydrogens (tertiary/aromatic N) is 2. The molecule has 2 aromatic carbocycles. The first-order valence-electron chi connectivity index (χ1n) is 10.4. The standard InChI is InChI=1S/C25H32N2O2/c1-18(2)23(28)27-14-13-25(17-27,24(29)26(4)5)16-20-7-6-8-22(15-20)21-11-9-19(3)10-12-21/h6-12,15,18H,13-14,16-17H2,1-5H3. The highest BCUT2D eigenvalue weighted by Crippen LogP contribution is 2.37. The first-order valence-corrected chi connectivity index (χ1v) is 10.4. The van der Waals surface area contributed by atoms with E-state index in [0.717, 1.165) is 11.1 Å². The lowest BCUT2D eigenvalue weighted by molar-refractivity contribution is -0.140. The molecule has 1 atom stereocenters. The van der Waals surface area contributed by atoms with Gasteiger partial charge in [0.2, 0.25) is 11.8 Å². The first kappa shape index (κ1) is 21.1. The minimum Gasteiger partial charge on any atom is -0.348 e. The van der Waals surface area contributed by atoms with Gasteiger partial charge in [-0.3, -0.25) is 9.59 Å². The Morgan fingerprint density at radius 3 is 2.38 bits per heavy atom. The van der Waals surface area contributed by atoms with Crippen molar-refractivity contribution in [3.05, 3.63) is 59.7 Å². The topological polar surface area (TPSA) is 40.6 Å². The van der Waals surface area contributed by atoms with Gasteiger partial charge in [-0.2, -0.15) is 0 Å². The van der Waals surface area contributed by atoms with Gasteiger partial charge in [-0.1, -0.05) is 67.9 Å². The maximum Gasteiger partial charge on any atom is 0.230 e. The van der Waals surface area contributed by atoms with Gasteiger partial charge < -0.3 is 9.80 Å². The number of carbonyl (C=O) groups excluding carboxylic acids is 2. The van der Waals surface area contributed by atoms with Gasteiger partial charge in [0, 0.05) is 33.1 Å². The number of hydrogen-bond donors (Lipinski definition) is 0. The van der Waals surface area contributed by atoms with Gasteiger partial charge in [0.25, 0.3) is 0 Å². The predicted molar refractivity (Wildman–Crippen MR) is 117 cm³/mol. The van der Waals surface area contributed by atoms with E-state index < -0.39 is 5.41 Å². The van der Waals surface area contributed by atoms with Crippen molar-refractivity contribution in [1.29, 1.82) is 0 Å². The van der Waals surface area contributed by atoms with Gasteiger partial charge in [0.1, 0.15) is 0 Å². The molecule has 0 spiro atoms. The summed E-state index contributed by atoms with van der Waals surface area (Å²) in [5, 5.41) is 0. The molecule has 1 heterocycles. The van der Waals surface area contributed by atoms with E-state index in [1.165, 1.54) is 11.1 Å². The molecule has 4 heteroatoms. The minimum atomic E-state index is -0.556. The zero-order valence-corrected chi connectivity index (χ0v) is 18.2. The van der Waals surface area contributed by atoms with Gasteiger partial charge >= 0.3 is 0 Å². The van der Waals surface area contributed by atoms with Crippen LogP contribution in [0.3, 0.4) is 0 Å². The van der Waals surface area contributed by atoms with Gasteiger partial charge in [-0.15, -0.1) is 0 Å². The van der Waals surface area contributed by atoms with Crippen molar-refractivity contribution in [2.24, 2.45) is 11.3 Å². The Labute approximate surface area is 174 Å². The minimum absolute atomic E-state index is 0.0508. The Balaban J connectivity index is 1.89. The number of carbonyl (C=O) groups is 2. The summed E-state index contributed by atoms with van der Waals surface area (Å²) >= 11 is 0. The third kappa shape index (κ3) is 4.52. The predicted octanol–water partition coefficient (Wildman–Crippen LogP) is 4.17. The Bertz CT molecular complexity index is 886. The van der Waals surface area contributed by atoms with Gasteiger partial charge in [0.15, 0.2) is 0 Å². The van der Waals surface area contributed by atoms with Crippen LogP contribution in [0, 0.1) is 18.3 Å². The summed E-state index contributed by atoms with van der Waals surface area (Å²) < 4.78 is 0. The smallest absolute Gasteiger partial charge is 0.230 e. The average Bonchev–Trinajstić information content (AvgIpc) is 3.12. The third-order valence-corrected chi connectivity index (χ3v) is 5.87. The number of benzene rings is 2. The van der Waals surface area contributed by atoms with Crippen LogP contribution in [0.25, 0.3) is 11.1 Å². The van der Waals surface area contributed by atoms with Crippen molar-refractivity contribution in [1.82, 2.24) is 9.80 Å². The van der Waals surface area contributed by atoms with Crippen molar-refractivity contribution in [3.63, 3.8) is 0 Å². The molecule has 0 bridgehead atoms. The second-order valence-corrected chi connectivity index (χ2v) is 8.89. The summed E-state index contributed by atoms with van der Waals surface area (Å²) in [6.07, 6.45) is 1.35. The van der Waals surface area contributed by atoms with E-state index in [-0.39, 0.29) is 17.7 Å². The Kier molecular flexibility index (Phi) is 6.11. The molecular weight excluding hydrogens is 360 g/mol. The third-order valence-electron chi connectivity index (χ3n) is 5.87. The van der Waals surface area contributed by atoms with Crippen molar-refractivity contribution in [3.8, 4) is 11.1 Å². The summed E-state index contributed by atoms with van der Waals surface area (Å²) in [6, 6.07) is 16.9. The van der Waals surface area contributed by atoms with Gasteiger partial charge in [0.05, 0.1) is 5.41 Å². The van der Waals surface area contributed by atoms with Crippen LogP contribution in [0.4, 0.5) is 0 Å². The van der Waals surface area contributed by atoms with E-state index in [9.17, 15) is 9.59 Å². The maximum absolute atomic E-state index is 13.2. The van der Waals surface area contributed by atoms with Crippen molar-refractivity contribution < 1.29 is 9.59 Å². The summed E-state index contributed by atoms with van der Waals surface area (Å²) in [7, 11) is 3.61. The molecule has 1 saturated heterocycles. The van der Waals surface area contributed by atoms with Crippen molar-refractivity contribution >= 4 is 11.8 Å². The maximum atomic E-state index is 13.2. The lowest BCUT2D eigenvalue weighted by Gasteiger charge is -2.31. The molecule has 1 fully saturated rings. The summed E-state index contributed by atoms with van der Waals surface area (Å²) in [6.45, 7) is 7.06. The molecule has 0 aliphatic carbocycles. The number of rotatable bonds is 5. The molecule has 2 aromatic rings. The normalized spacial score (nSPS) is 18.9. The van der Waals surface area contributed by atoms with E-state index in [1.807, 2.05) is 18.7 Å². The van der Waals surface area contributed by atoms with Crippen molar-refractivity contribution in [2.45, 2.75) is 33.6 Å². The van der Waals surface area contributed by atoms with Gasteiger partial charge in [-0.05, 0) is 36.5 Å². The fourth-order valence-electron chi connectivity index (χ4n) is 4.29. The molecule has 1 aliphatic rings. The van der Waals surface area contributed by atoms with Crippen LogP contribution in [-0.4, -0.2) is 48.8 Å². The van der Waals surface area contributed by atoms with Crippen LogP contribution in [0.2, 0.25) is 0 Å². The highest BCUT2D eigenvalue weighted by Gasteiger charge is 2.46. The Morgan fingerprint density at radius 1 is 1.07 bits per heavy atom. The van der Waals surface area contributed by atoms with E-state index in [1.54, 1.807) is 19.0 Å². The molecule has 0 aromatic heterocycles. The number of hydrogen-bond acceptors (Lipinski definition) is 2. The van der Waals surface area contributed by atoms with Crippen molar-refractivity contribution in [2.75, 3.05) is 27.2 Å². The van der Waals surface area contributed by atoms with Crippen LogP contribution in [0.5, 0.6) is 0 Å². The fraction of sp³-hybridized carbons (Fsp3) is 0.440. The quantitative estimate of drug-likeness (QED) is 0.766. The molecule has 2 amide bonds. The molecule has 154 valence electrons. The van der Waals surface area contributed by atoms with Crippen LogP contribution in [0.15, 0.2) is 48.5 Å². The molecule has 0 saturated carbocycles. The molecule has 0 radical (unpaired) electrons. The first-order chi connectivity index (χ1) is 13.7. The molecule has 29 heavy (non-hydrogen) atoms. The highest BCUT2D eigenvalue weighted by molar-refractivity contribution is 5.86. The highest BCUT2D eigenvalue weighted by atomic mass is 16.2. The van der Waals surface area contributed by atoms with E-state index in [0.29, 0.717) is 25.9 Å². The molecule has 4 nitrogen and oxygen atoms in total. The lowest BCUT2D eigenvalue weighted by Crippen LogP contribution is -2.45. The van der Waals surface area contributed by atoms with E-state index in [4.69, 9.17) is 0 Å². The SMILES string of the molecule is Cc1ccc(-c2cccc(CC3(C(=O)N(C)C)CCN(C(=O)C(C)C)C3)c2)cc1. The van der Waals surface area contributed by atoms with Crippen LogP contribution >= 0.6 is 0 Å². The number of amides is 2. The summed E-state index contributed by atoms with van der Waals surface area (Å²) in [5.74, 6) is 0.189. The van der Waals surface area contributed by atoms with Gasteiger partial charge in [-0.25, -0.2) is 0 Å². The molecule has 1 unspecified atom stereocenters. The average molecular weight is 393 g/mol. The zero-order valence-electron chi connectivity index (χ0n) is 18.2. The van der Waals surface area contributed by atoms with Crippen LogP contribution in [-0.2, 0) is 16.0 Å². The fourth-order valence-corrected chi connectivity index (χ4v) is 4.29. The second kappa shape index (κ2) is 8.40. The lowest BCUT2D eigenvalue weighted by atomic mass is 9.79. The Hall–Kier alpha value is -2.62. The molecule has 0 N–H and O–H groups in total. The van der Waals surface area contributed by atoms with Crippen LogP contribution in [0.1, 0.15) is 31.4 Å². The Morgan fingerprint density at radius 2 is 1.76 bits per heavy atom. The molecule has 1 aliphatic heterocycles. The monoisotopic (exact) mass is 392 g/mol. The van der Waals surface area contributed by atoms with E-state index >= 15 is 0 Å². The molecule has 3 rings (SSSR count). The number of aryl methyl sites for hydroxylation is 1. The summed E-state index contributed by atoms with van der Waals surface area (Å²) in [5.41, 5.74) is 4.15. The summed E-state index contributed by atoms with van der Waals surface area (Å²) in [4.78, 5) is 29.3. The number of likely N-dealkylation sites (tertiary alicyclic amines) is 1. The zero-order chi connectivity index (χ0) is 21.2. The van der Waals surface area contributed by atoms with Crippen LogP contribution < -0.4 is 0 Å². The molecular formula is C25H32N2O2. The largest absolute Gasteiger partial charge is 0.348 e. The second-order valence-electron chi connectivity index (χ2n) is 8.89.